The van der Waals surface area contributed by atoms with Gasteiger partial charge in [0, 0.05) is 6.42 Å². The number of rotatable bonds is 0. The summed E-state index contributed by atoms with van der Waals surface area (Å²) in [6.07, 6.45) is 3.81. The normalized spacial score (nSPS) is 12.3. The number of Topliss-reactive ketones (excluding diaryl/α,β-unsaturated/α-hetero) is 1. The summed E-state index contributed by atoms with van der Waals surface area (Å²) in [5.74, 6) is 0.155. The topological polar surface area (TPSA) is 316 Å². The Labute approximate surface area is 175 Å². The van der Waals surface area contributed by atoms with Crippen LogP contribution in [0.5, 0.6) is 0 Å². The van der Waals surface area contributed by atoms with Crippen LogP contribution < -0.4 is 30.8 Å². The van der Waals surface area contributed by atoms with Crippen molar-refractivity contribution in [3.63, 3.8) is 0 Å². The molecule has 0 unspecified atom stereocenters. The van der Waals surface area contributed by atoms with E-state index in [2.05, 4.69) is 4.74 Å². The molecule has 1 heterocycles. The third-order valence-corrected chi connectivity index (χ3v) is 2.48. The Hall–Kier alpha value is -0.954. The summed E-state index contributed by atoms with van der Waals surface area (Å²) in [7, 11) is -12.2. The zero-order chi connectivity index (χ0) is 19.1. The van der Waals surface area contributed by atoms with Crippen LogP contribution in [0.2, 0.25) is 0 Å². The SMILES string of the molecule is N.N.N.N.N.O=C1CC=COC1.O=S(=O)([O-])C(F)(F)F.O=S(=O)([O-])C(F)(F)F.[Os+2]. The fraction of sp³-hybridized carbons (Fsp3) is 0.571. The Balaban J connectivity index is -0.0000000345. The Morgan fingerprint density at radius 2 is 1.03 bits per heavy atom. The van der Waals surface area contributed by atoms with E-state index in [1.54, 1.807) is 12.3 Å². The second-order valence-electron chi connectivity index (χ2n) is 3.23. The van der Waals surface area contributed by atoms with Gasteiger partial charge in [-0.1, -0.05) is 0 Å². The maximum absolute atomic E-state index is 10.7. The van der Waals surface area contributed by atoms with Gasteiger partial charge in [0.1, 0.15) is 6.61 Å². The first kappa shape index (κ1) is 51.1. The second kappa shape index (κ2) is 19.0. The van der Waals surface area contributed by atoms with E-state index < -0.39 is 31.3 Å². The molecule has 0 saturated heterocycles. The van der Waals surface area contributed by atoms with Crippen molar-refractivity contribution in [1.29, 1.82) is 0 Å². The Bertz CT molecular complexity index is 598. The van der Waals surface area contributed by atoms with Crippen LogP contribution >= 0.6 is 0 Å². The molecule has 29 heavy (non-hydrogen) atoms. The summed E-state index contributed by atoms with van der Waals surface area (Å²) in [6.45, 7) is 0.260. The smallest absolute Gasteiger partial charge is 0.741 e. The molecule has 22 heteroatoms. The Morgan fingerprint density at radius 3 is 1.10 bits per heavy atom. The van der Waals surface area contributed by atoms with Gasteiger partial charge in [0.15, 0.2) is 26.0 Å². The van der Waals surface area contributed by atoms with Crippen molar-refractivity contribution in [3.05, 3.63) is 12.3 Å². The number of alkyl halides is 6. The molecule has 0 fully saturated rings. The molecule has 0 saturated carbocycles. The van der Waals surface area contributed by atoms with Crippen LogP contribution in [0.1, 0.15) is 6.42 Å². The van der Waals surface area contributed by atoms with Crippen molar-refractivity contribution in [2.75, 3.05) is 6.61 Å². The van der Waals surface area contributed by atoms with Gasteiger partial charge in [-0.3, -0.25) is 4.79 Å². The van der Waals surface area contributed by atoms with Gasteiger partial charge in [-0.2, -0.15) is 26.3 Å². The van der Waals surface area contributed by atoms with E-state index in [0.29, 0.717) is 6.42 Å². The van der Waals surface area contributed by atoms with E-state index in [-0.39, 0.29) is 62.9 Å². The summed E-state index contributed by atoms with van der Waals surface area (Å²) in [6, 6.07) is 0. The molecule has 0 aromatic rings. The maximum atomic E-state index is 10.7. The van der Waals surface area contributed by atoms with E-state index in [4.69, 9.17) is 25.9 Å². The molecule has 1 aliphatic rings. The first-order chi connectivity index (χ1) is 9.89. The van der Waals surface area contributed by atoms with Crippen molar-refractivity contribution >= 4 is 26.0 Å². The minimum absolute atomic E-state index is 0. The molecule has 184 valence electrons. The van der Waals surface area contributed by atoms with Gasteiger partial charge in [-0.25, -0.2) is 16.8 Å². The van der Waals surface area contributed by atoms with Crippen LogP contribution in [0.15, 0.2) is 12.3 Å². The number of allylic oxidation sites excluding steroid dienone is 1. The van der Waals surface area contributed by atoms with Crippen LogP contribution in [-0.2, 0) is 49.6 Å². The first-order valence-corrected chi connectivity index (χ1v) is 7.54. The van der Waals surface area contributed by atoms with Crippen LogP contribution in [0.4, 0.5) is 26.3 Å². The molecular weight excluding hydrogens is 650 g/mol. The van der Waals surface area contributed by atoms with E-state index in [1.165, 1.54) is 0 Å². The quantitative estimate of drug-likeness (QED) is 0.138. The number of ether oxygens (including phenoxy) is 1. The van der Waals surface area contributed by atoms with Crippen LogP contribution in [-0.4, -0.2) is 49.3 Å². The zero-order valence-electron chi connectivity index (χ0n) is 14.3. The van der Waals surface area contributed by atoms with Gasteiger partial charge in [0.05, 0.1) is 6.26 Å². The van der Waals surface area contributed by atoms with Gasteiger partial charge in [0.2, 0.25) is 0 Å². The summed E-state index contributed by atoms with van der Waals surface area (Å²) in [4.78, 5) is 10.3. The summed E-state index contributed by atoms with van der Waals surface area (Å²) in [5, 5.41) is 0. The van der Waals surface area contributed by atoms with Crippen molar-refractivity contribution in [3.8, 4) is 0 Å². The standard InChI is InChI=1S/C5H6O2.2CHF3O3S.5H3N.Os/c6-5-2-1-3-7-4-5;2*2-1(3,4)8(5,6)7;;;;;;/h1,3H,2,4H2;2*(H,5,6,7);5*1H3;/q;;;;;;;;+2/p-2. The van der Waals surface area contributed by atoms with E-state index in [9.17, 15) is 31.1 Å². The Morgan fingerprint density at radius 1 is 0.793 bits per heavy atom. The molecule has 0 amide bonds. The molecular formula is C7H21F6N5O8OsS2. The number of hydrogen-bond acceptors (Lipinski definition) is 13. The van der Waals surface area contributed by atoms with Crippen molar-refractivity contribution < 1.29 is 81.6 Å². The Kier molecular flexibility index (Phi) is 33.5. The minimum atomic E-state index is -6.09. The second-order valence-corrected chi connectivity index (χ2v) is 5.97. The van der Waals surface area contributed by atoms with Gasteiger partial charge < -0.3 is 44.6 Å². The monoisotopic (exact) mass is 673 g/mol. The average molecular weight is 672 g/mol. The van der Waals surface area contributed by atoms with Gasteiger partial charge in [-0.15, -0.1) is 0 Å². The van der Waals surface area contributed by atoms with E-state index in [0.717, 1.165) is 0 Å². The molecule has 1 rings (SSSR count). The predicted octanol–water partition coefficient (Wildman–Crippen LogP) is 1.40. The molecule has 0 aromatic heterocycles. The number of carbonyl (C=O) groups excluding carboxylic acids is 1. The molecule has 15 N–H and O–H groups in total. The fourth-order valence-electron chi connectivity index (χ4n) is 0.448. The van der Waals surface area contributed by atoms with Crippen LogP contribution in [0.3, 0.4) is 0 Å². The third kappa shape index (κ3) is 27.0. The molecule has 0 radical (unpaired) electrons. The van der Waals surface area contributed by atoms with Crippen molar-refractivity contribution in [1.82, 2.24) is 30.8 Å². The number of halogens is 6. The molecule has 13 nitrogen and oxygen atoms in total. The summed E-state index contributed by atoms with van der Waals surface area (Å²) < 4.78 is 122. The fourth-order valence-corrected chi connectivity index (χ4v) is 0.448. The van der Waals surface area contributed by atoms with Crippen molar-refractivity contribution in [2.45, 2.75) is 17.4 Å². The number of carbonyl (C=O) groups is 1. The van der Waals surface area contributed by atoms with Crippen molar-refractivity contribution in [2.24, 2.45) is 0 Å². The molecule has 1 aliphatic heterocycles. The predicted molar refractivity (Wildman–Crippen MR) is 81.3 cm³/mol. The molecule has 0 atom stereocenters. The average Bonchev–Trinajstić information content (AvgIpc) is 2.25. The third-order valence-electron chi connectivity index (χ3n) is 1.35. The summed E-state index contributed by atoms with van der Waals surface area (Å²) >= 11 is 0. The zero-order valence-corrected chi connectivity index (χ0v) is 18.5. The molecule has 0 spiro atoms. The van der Waals surface area contributed by atoms with E-state index >= 15 is 0 Å². The van der Waals surface area contributed by atoms with E-state index in [1.807, 2.05) is 0 Å². The first-order valence-electron chi connectivity index (χ1n) is 4.72. The molecule has 0 aliphatic carbocycles. The van der Waals surface area contributed by atoms with Gasteiger partial charge >= 0.3 is 30.8 Å². The molecule has 0 aromatic carbocycles. The summed E-state index contributed by atoms with van der Waals surface area (Å²) in [5.41, 5.74) is -11.3. The molecule has 0 bridgehead atoms. The van der Waals surface area contributed by atoms with Crippen LogP contribution in [0, 0.1) is 0 Å². The van der Waals surface area contributed by atoms with Gasteiger partial charge in [0.25, 0.3) is 0 Å². The minimum Gasteiger partial charge on any atom is -0.741 e. The number of hydrogen-bond donors (Lipinski definition) is 5. The largest absolute Gasteiger partial charge is 2.00 e. The number of ketones is 1. The van der Waals surface area contributed by atoms with Gasteiger partial charge in [-0.05, 0) is 6.08 Å². The maximum Gasteiger partial charge on any atom is 2.00 e. The van der Waals surface area contributed by atoms with Crippen LogP contribution in [0.25, 0.3) is 0 Å².